The Morgan fingerprint density at radius 3 is 2.42 bits per heavy atom. The van der Waals surface area contributed by atoms with Gasteiger partial charge < -0.3 is 4.74 Å². The highest BCUT2D eigenvalue weighted by atomic mass is 35.5. The third-order valence-corrected chi connectivity index (χ3v) is 3.87. The van der Waals surface area contributed by atoms with Crippen molar-refractivity contribution in [1.82, 2.24) is 0 Å². The maximum atomic E-state index is 11.0. The summed E-state index contributed by atoms with van der Waals surface area (Å²) >= 11 is 5.65. The van der Waals surface area contributed by atoms with Crippen LogP contribution in [0.3, 0.4) is 0 Å². The van der Waals surface area contributed by atoms with Gasteiger partial charge in [0.15, 0.2) is 9.84 Å². The molecule has 0 bridgehead atoms. The number of rotatable bonds is 1. The zero-order valence-corrected chi connectivity index (χ0v) is 8.06. The lowest BCUT2D eigenvalue weighted by molar-refractivity contribution is -0.144. The van der Waals surface area contributed by atoms with E-state index in [1.807, 2.05) is 0 Å². The van der Waals surface area contributed by atoms with Crippen molar-refractivity contribution < 1.29 is 17.9 Å². The molecule has 0 aliphatic carbocycles. The molecule has 0 aromatic carbocycles. The van der Waals surface area contributed by atoms with Gasteiger partial charge in [0, 0.05) is 6.92 Å². The monoisotopic (exact) mass is 212 g/mol. The summed E-state index contributed by atoms with van der Waals surface area (Å²) in [5.74, 6) is -0.754. The largest absolute Gasteiger partial charge is 0.460 e. The SMILES string of the molecule is CC(=O)OC1CS(=O)(=O)CC1Cl. The second-order valence-corrected chi connectivity index (χ2v) is 5.46. The van der Waals surface area contributed by atoms with Gasteiger partial charge in [0.1, 0.15) is 6.10 Å². The van der Waals surface area contributed by atoms with Crippen LogP contribution in [-0.2, 0) is 19.4 Å². The van der Waals surface area contributed by atoms with Crippen molar-refractivity contribution >= 4 is 27.4 Å². The molecule has 1 rings (SSSR count). The predicted octanol–water partition coefficient (Wildman–Crippen LogP) is -0.0461. The minimum absolute atomic E-state index is 0.105. The number of hydrogen-bond donors (Lipinski definition) is 0. The molecular weight excluding hydrogens is 204 g/mol. The van der Waals surface area contributed by atoms with E-state index in [-0.39, 0.29) is 11.5 Å². The normalized spacial score (nSPS) is 33.2. The summed E-state index contributed by atoms with van der Waals surface area (Å²) in [6, 6.07) is 0. The van der Waals surface area contributed by atoms with Crippen LogP contribution < -0.4 is 0 Å². The number of carbonyl (C=O) groups is 1. The van der Waals surface area contributed by atoms with E-state index < -0.39 is 27.3 Å². The van der Waals surface area contributed by atoms with Gasteiger partial charge >= 0.3 is 5.97 Å². The molecule has 0 amide bonds. The van der Waals surface area contributed by atoms with Crippen LogP contribution in [0.1, 0.15) is 6.92 Å². The number of esters is 1. The van der Waals surface area contributed by atoms with E-state index in [0.717, 1.165) is 0 Å². The number of ether oxygens (including phenoxy) is 1. The fraction of sp³-hybridized carbons (Fsp3) is 0.833. The molecule has 1 fully saturated rings. The minimum Gasteiger partial charge on any atom is -0.460 e. The van der Waals surface area contributed by atoms with E-state index >= 15 is 0 Å². The number of halogens is 1. The molecule has 0 saturated carbocycles. The van der Waals surface area contributed by atoms with E-state index in [2.05, 4.69) is 0 Å². The van der Waals surface area contributed by atoms with Gasteiger partial charge in [-0.2, -0.15) is 0 Å². The van der Waals surface area contributed by atoms with Crippen LogP contribution in [0.15, 0.2) is 0 Å². The topological polar surface area (TPSA) is 60.4 Å². The number of sulfone groups is 1. The van der Waals surface area contributed by atoms with Crippen LogP contribution in [0.2, 0.25) is 0 Å². The molecule has 0 radical (unpaired) electrons. The highest BCUT2D eigenvalue weighted by Gasteiger charge is 2.38. The lowest BCUT2D eigenvalue weighted by Gasteiger charge is -2.10. The molecular formula is C6H9ClO4S. The smallest absolute Gasteiger partial charge is 0.302 e. The van der Waals surface area contributed by atoms with Crippen LogP contribution >= 0.6 is 11.6 Å². The molecule has 2 atom stereocenters. The highest BCUT2D eigenvalue weighted by Crippen LogP contribution is 2.20. The van der Waals surface area contributed by atoms with Gasteiger partial charge in [-0.15, -0.1) is 11.6 Å². The molecule has 4 nitrogen and oxygen atoms in total. The fourth-order valence-corrected chi connectivity index (χ4v) is 3.55. The summed E-state index contributed by atoms with van der Waals surface area (Å²) in [5, 5.41) is -0.598. The van der Waals surface area contributed by atoms with Crippen LogP contribution in [0.25, 0.3) is 0 Å². The summed E-state index contributed by atoms with van der Waals surface area (Å²) in [7, 11) is -3.10. The Kier molecular flexibility index (Phi) is 2.63. The summed E-state index contributed by atoms with van der Waals surface area (Å²) < 4.78 is 26.6. The van der Waals surface area contributed by atoms with Gasteiger partial charge in [-0.05, 0) is 0 Å². The predicted molar refractivity (Wildman–Crippen MR) is 43.8 cm³/mol. The first-order valence-corrected chi connectivity index (χ1v) is 5.68. The lowest BCUT2D eigenvalue weighted by atomic mass is 10.3. The summed E-state index contributed by atoms with van der Waals surface area (Å²) in [4.78, 5) is 10.5. The lowest BCUT2D eigenvalue weighted by Crippen LogP contribution is -2.24. The van der Waals surface area contributed by atoms with Crippen molar-refractivity contribution in [1.29, 1.82) is 0 Å². The summed E-state index contributed by atoms with van der Waals surface area (Å²) in [6.07, 6.45) is -0.672. The molecule has 1 aliphatic heterocycles. The van der Waals surface area contributed by atoms with Crippen molar-refractivity contribution in [3.63, 3.8) is 0 Å². The van der Waals surface area contributed by atoms with E-state index in [4.69, 9.17) is 16.3 Å². The Labute approximate surface area is 75.8 Å². The number of carbonyl (C=O) groups excluding carboxylic acids is 1. The molecule has 0 aromatic heterocycles. The second kappa shape index (κ2) is 3.22. The van der Waals surface area contributed by atoms with Crippen LogP contribution in [0.4, 0.5) is 0 Å². The minimum atomic E-state index is -3.10. The third kappa shape index (κ3) is 2.35. The summed E-state index contributed by atoms with van der Waals surface area (Å²) in [5.41, 5.74) is 0. The average Bonchev–Trinajstić information content (AvgIpc) is 2.03. The van der Waals surface area contributed by atoms with Crippen molar-refractivity contribution in [3.8, 4) is 0 Å². The molecule has 0 spiro atoms. The standard InChI is InChI=1S/C6H9ClO4S/c1-4(8)11-6-3-12(9,10)2-5(6)7/h5-6H,2-3H2,1H3. The van der Waals surface area contributed by atoms with E-state index in [9.17, 15) is 13.2 Å². The van der Waals surface area contributed by atoms with Gasteiger partial charge in [-0.3, -0.25) is 4.79 Å². The highest BCUT2D eigenvalue weighted by molar-refractivity contribution is 7.91. The first kappa shape index (κ1) is 9.80. The second-order valence-electron chi connectivity index (χ2n) is 2.74. The fourth-order valence-electron chi connectivity index (χ4n) is 1.09. The number of hydrogen-bond acceptors (Lipinski definition) is 4. The summed E-state index contributed by atoms with van der Waals surface area (Å²) in [6.45, 7) is 1.23. The maximum Gasteiger partial charge on any atom is 0.302 e. The first-order valence-electron chi connectivity index (χ1n) is 3.42. The molecule has 1 aliphatic rings. The van der Waals surface area contributed by atoms with Gasteiger partial charge in [-0.1, -0.05) is 0 Å². The van der Waals surface area contributed by atoms with Crippen LogP contribution in [-0.4, -0.2) is 37.4 Å². The average molecular weight is 213 g/mol. The van der Waals surface area contributed by atoms with Gasteiger partial charge in [0.2, 0.25) is 0 Å². The Balaban J connectivity index is 2.64. The van der Waals surface area contributed by atoms with E-state index in [0.29, 0.717) is 0 Å². The van der Waals surface area contributed by atoms with Crippen molar-refractivity contribution in [2.45, 2.75) is 18.4 Å². The van der Waals surface area contributed by atoms with E-state index in [1.54, 1.807) is 0 Å². The Morgan fingerprint density at radius 1 is 1.50 bits per heavy atom. The molecule has 6 heteroatoms. The Bertz CT molecular complexity index is 284. The quantitative estimate of drug-likeness (QED) is 0.452. The first-order chi connectivity index (χ1) is 5.41. The van der Waals surface area contributed by atoms with Crippen molar-refractivity contribution in [3.05, 3.63) is 0 Å². The Hall–Kier alpha value is -0.290. The van der Waals surface area contributed by atoms with Gasteiger partial charge in [0.05, 0.1) is 16.9 Å². The van der Waals surface area contributed by atoms with Gasteiger partial charge in [0.25, 0.3) is 0 Å². The maximum absolute atomic E-state index is 11.0. The molecule has 1 heterocycles. The van der Waals surface area contributed by atoms with Gasteiger partial charge in [-0.25, -0.2) is 8.42 Å². The van der Waals surface area contributed by atoms with Crippen molar-refractivity contribution in [2.75, 3.05) is 11.5 Å². The van der Waals surface area contributed by atoms with Crippen molar-refractivity contribution in [2.24, 2.45) is 0 Å². The zero-order chi connectivity index (χ0) is 9.35. The molecule has 1 saturated heterocycles. The number of alkyl halides is 1. The van der Waals surface area contributed by atoms with E-state index in [1.165, 1.54) is 6.92 Å². The van der Waals surface area contributed by atoms with Crippen LogP contribution in [0, 0.1) is 0 Å². The molecule has 0 N–H and O–H groups in total. The van der Waals surface area contributed by atoms with Crippen LogP contribution in [0.5, 0.6) is 0 Å². The zero-order valence-electron chi connectivity index (χ0n) is 6.49. The third-order valence-electron chi connectivity index (χ3n) is 1.55. The molecule has 0 aromatic rings. The Morgan fingerprint density at radius 2 is 2.08 bits per heavy atom. The molecule has 70 valence electrons. The molecule has 2 unspecified atom stereocenters. The molecule has 12 heavy (non-hydrogen) atoms.